The molecule has 0 saturated heterocycles. The van der Waals surface area contributed by atoms with Gasteiger partial charge in [-0.15, -0.1) is 0 Å². The van der Waals surface area contributed by atoms with Crippen LogP contribution in [0.3, 0.4) is 0 Å². The van der Waals surface area contributed by atoms with Crippen molar-refractivity contribution in [2.45, 2.75) is 25.7 Å². The van der Waals surface area contributed by atoms with Gasteiger partial charge >= 0.3 is 0 Å². The zero-order valence-electron chi connectivity index (χ0n) is 11.0. The Bertz CT molecular complexity index is 578. The summed E-state index contributed by atoms with van der Waals surface area (Å²) in [7, 11) is 0. The number of carbonyl (C=O) groups excluding carboxylic acids is 1. The Morgan fingerprint density at radius 2 is 1.86 bits per heavy atom. The lowest BCUT2D eigenvalue weighted by atomic mass is 9.83. The van der Waals surface area contributed by atoms with Gasteiger partial charge in [0.1, 0.15) is 5.41 Å². The number of nitrogens with one attached hydrogen (secondary N) is 1. The number of amidine groups is 1. The van der Waals surface area contributed by atoms with Crippen molar-refractivity contribution in [3.63, 3.8) is 0 Å². The normalized spacial score (nSPS) is 17.8. The van der Waals surface area contributed by atoms with Gasteiger partial charge < -0.3 is 16.3 Å². The van der Waals surface area contributed by atoms with E-state index in [1.54, 1.807) is 12.1 Å². The van der Waals surface area contributed by atoms with Crippen LogP contribution in [0.25, 0.3) is 0 Å². The maximum Gasteiger partial charge on any atom is 0.238 e. The molecule has 8 heteroatoms. The smallest absolute Gasteiger partial charge is 0.238 e. The second kappa shape index (κ2) is 6.42. The fraction of sp³-hybridized carbons (Fsp3) is 0.385. The first-order valence-corrected chi connectivity index (χ1v) is 7.89. The number of nitrogens with zero attached hydrogens (tertiary/aromatic N) is 1. The van der Waals surface area contributed by atoms with Crippen LogP contribution in [0.2, 0.25) is 10.0 Å². The van der Waals surface area contributed by atoms with Crippen molar-refractivity contribution < 1.29 is 10.0 Å². The molecular weight excluding hydrogens is 381 g/mol. The van der Waals surface area contributed by atoms with Crippen molar-refractivity contribution in [3.05, 3.63) is 26.7 Å². The number of amides is 1. The molecule has 0 spiro atoms. The molecule has 4 N–H and O–H groups in total. The highest BCUT2D eigenvalue weighted by molar-refractivity contribution is 9.10. The molecule has 0 bridgehead atoms. The van der Waals surface area contributed by atoms with Gasteiger partial charge in [0.2, 0.25) is 5.91 Å². The summed E-state index contributed by atoms with van der Waals surface area (Å²) in [4.78, 5) is 12.6. The van der Waals surface area contributed by atoms with Gasteiger partial charge in [-0.3, -0.25) is 4.79 Å². The first-order chi connectivity index (χ1) is 9.90. The van der Waals surface area contributed by atoms with Crippen LogP contribution in [-0.4, -0.2) is 17.0 Å². The molecule has 0 aromatic heterocycles. The van der Waals surface area contributed by atoms with Crippen LogP contribution in [0, 0.1) is 5.41 Å². The second-order valence-corrected chi connectivity index (χ2v) is 6.70. The highest BCUT2D eigenvalue weighted by atomic mass is 79.9. The molecule has 21 heavy (non-hydrogen) atoms. The number of halogens is 3. The fourth-order valence-corrected chi connectivity index (χ4v) is 3.87. The van der Waals surface area contributed by atoms with Crippen LogP contribution >= 0.6 is 39.1 Å². The fourth-order valence-electron chi connectivity index (χ4n) is 2.57. The summed E-state index contributed by atoms with van der Waals surface area (Å²) in [6.45, 7) is 0. The molecule has 0 atom stereocenters. The SMILES string of the molecule is NC(=NO)C1(C(=O)Nc2c(Cl)cc(Br)cc2Cl)CCCC1. The van der Waals surface area contributed by atoms with Gasteiger partial charge in [-0.05, 0) is 25.0 Å². The van der Waals surface area contributed by atoms with Crippen LogP contribution in [0.15, 0.2) is 21.8 Å². The topological polar surface area (TPSA) is 87.7 Å². The summed E-state index contributed by atoms with van der Waals surface area (Å²) in [5.41, 5.74) is 5.05. The van der Waals surface area contributed by atoms with Gasteiger partial charge in [0.15, 0.2) is 5.84 Å². The Morgan fingerprint density at radius 1 is 1.33 bits per heavy atom. The Kier molecular flexibility index (Phi) is 5.01. The quantitative estimate of drug-likeness (QED) is 0.313. The molecule has 1 aliphatic rings. The van der Waals surface area contributed by atoms with Crippen molar-refractivity contribution in [2.24, 2.45) is 16.3 Å². The summed E-state index contributed by atoms with van der Waals surface area (Å²) < 4.78 is 0.711. The van der Waals surface area contributed by atoms with Crippen molar-refractivity contribution in [1.82, 2.24) is 0 Å². The first-order valence-electron chi connectivity index (χ1n) is 6.35. The highest BCUT2D eigenvalue weighted by Crippen LogP contribution is 2.41. The molecular formula is C13H14BrCl2N3O2. The Morgan fingerprint density at radius 3 is 2.33 bits per heavy atom. The third kappa shape index (κ3) is 3.12. The van der Waals surface area contributed by atoms with E-state index in [1.165, 1.54) is 0 Å². The minimum Gasteiger partial charge on any atom is -0.409 e. The van der Waals surface area contributed by atoms with E-state index in [9.17, 15) is 4.79 Å². The molecule has 1 aromatic rings. The zero-order chi connectivity index (χ0) is 15.6. The molecule has 114 valence electrons. The molecule has 1 aliphatic carbocycles. The third-order valence-electron chi connectivity index (χ3n) is 3.74. The van der Waals surface area contributed by atoms with Gasteiger partial charge in [-0.1, -0.05) is 57.1 Å². The monoisotopic (exact) mass is 393 g/mol. The predicted octanol–water partition coefficient (Wildman–Crippen LogP) is 4.00. The van der Waals surface area contributed by atoms with Crippen LogP contribution in [-0.2, 0) is 4.79 Å². The molecule has 2 rings (SSSR count). The Labute approximate surface area is 140 Å². The maximum atomic E-state index is 12.6. The average molecular weight is 395 g/mol. The van der Waals surface area contributed by atoms with Crippen LogP contribution < -0.4 is 11.1 Å². The molecule has 1 fully saturated rings. The van der Waals surface area contributed by atoms with Gasteiger partial charge in [0.25, 0.3) is 0 Å². The van der Waals surface area contributed by atoms with Crippen molar-refractivity contribution in [2.75, 3.05) is 5.32 Å². The Hall–Kier alpha value is -0.980. The van der Waals surface area contributed by atoms with Gasteiger partial charge in [-0.2, -0.15) is 0 Å². The zero-order valence-corrected chi connectivity index (χ0v) is 14.1. The van der Waals surface area contributed by atoms with E-state index < -0.39 is 5.41 Å². The van der Waals surface area contributed by atoms with E-state index in [0.29, 0.717) is 33.0 Å². The van der Waals surface area contributed by atoms with Crippen LogP contribution in [0.1, 0.15) is 25.7 Å². The van der Waals surface area contributed by atoms with E-state index in [0.717, 1.165) is 12.8 Å². The highest BCUT2D eigenvalue weighted by Gasteiger charge is 2.45. The number of anilines is 1. The van der Waals surface area contributed by atoms with E-state index in [1.807, 2.05) is 0 Å². The number of hydrogen-bond acceptors (Lipinski definition) is 3. The van der Waals surface area contributed by atoms with Crippen LogP contribution in [0.5, 0.6) is 0 Å². The number of benzene rings is 1. The third-order valence-corrected chi connectivity index (χ3v) is 4.79. The summed E-state index contributed by atoms with van der Waals surface area (Å²) in [6, 6.07) is 3.27. The van der Waals surface area contributed by atoms with Crippen LogP contribution in [0.4, 0.5) is 5.69 Å². The summed E-state index contributed by atoms with van der Waals surface area (Å²) in [6.07, 6.45) is 2.73. The number of hydrogen-bond donors (Lipinski definition) is 3. The number of nitrogens with two attached hydrogens (primary N) is 1. The van der Waals surface area contributed by atoms with E-state index in [2.05, 4.69) is 26.4 Å². The van der Waals surface area contributed by atoms with E-state index >= 15 is 0 Å². The molecule has 0 aliphatic heterocycles. The molecule has 1 aromatic carbocycles. The molecule has 0 heterocycles. The van der Waals surface area contributed by atoms with E-state index in [-0.39, 0.29) is 11.7 Å². The predicted molar refractivity (Wildman–Crippen MR) is 87.1 cm³/mol. The number of rotatable bonds is 3. The van der Waals surface area contributed by atoms with Gasteiger partial charge in [0.05, 0.1) is 15.7 Å². The minimum absolute atomic E-state index is 0.0816. The maximum absolute atomic E-state index is 12.6. The molecule has 1 amide bonds. The minimum atomic E-state index is -1.01. The average Bonchev–Trinajstić information content (AvgIpc) is 2.92. The molecule has 0 unspecified atom stereocenters. The summed E-state index contributed by atoms with van der Waals surface area (Å²) in [5.74, 6) is -0.441. The van der Waals surface area contributed by atoms with Crippen molar-refractivity contribution in [1.29, 1.82) is 0 Å². The van der Waals surface area contributed by atoms with Crippen molar-refractivity contribution >= 4 is 56.6 Å². The lowest BCUT2D eigenvalue weighted by molar-refractivity contribution is -0.122. The molecule has 5 nitrogen and oxygen atoms in total. The van der Waals surface area contributed by atoms with E-state index in [4.69, 9.17) is 34.1 Å². The standard InChI is InChI=1S/C13H14BrCl2N3O2/c14-7-5-8(15)10(9(16)6-7)18-12(20)13(11(17)19-21)3-1-2-4-13/h5-6,21H,1-4H2,(H2,17,19)(H,18,20). The lowest BCUT2D eigenvalue weighted by Gasteiger charge is -2.26. The molecule has 1 saturated carbocycles. The second-order valence-electron chi connectivity index (χ2n) is 4.97. The summed E-state index contributed by atoms with van der Waals surface area (Å²) in [5, 5.41) is 15.3. The van der Waals surface area contributed by atoms with Crippen molar-refractivity contribution in [3.8, 4) is 0 Å². The van der Waals surface area contributed by atoms with Gasteiger partial charge in [-0.25, -0.2) is 0 Å². The first kappa shape index (κ1) is 16.4. The lowest BCUT2D eigenvalue weighted by Crippen LogP contribution is -2.45. The largest absolute Gasteiger partial charge is 0.409 e. The summed E-state index contributed by atoms with van der Waals surface area (Å²) >= 11 is 15.5. The van der Waals surface area contributed by atoms with Gasteiger partial charge in [0, 0.05) is 4.47 Å². The number of oxime groups is 1. The Balaban J connectivity index is 2.33. The number of carbonyl (C=O) groups is 1. The molecule has 0 radical (unpaired) electrons.